The molecule has 1 aromatic carbocycles. The lowest BCUT2D eigenvalue weighted by Crippen LogP contribution is -1.80. The summed E-state index contributed by atoms with van der Waals surface area (Å²) < 4.78 is 5.43. The van der Waals surface area contributed by atoms with Crippen LogP contribution in [0.15, 0.2) is 53.1 Å². The summed E-state index contributed by atoms with van der Waals surface area (Å²) in [7, 11) is 0. The van der Waals surface area contributed by atoms with Crippen molar-refractivity contribution < 1.29 is 9.34 Å². The van der Waals surface area contributed by atoms with E-state index in [4.69, 9.17) is 4.42 Å². The second-order valence-corrected chi connectivity index (χ2v) is 3.17. The molecule has 2 aromatic rings. The number of hydrogen-bond donors (Lipinski definition) is 0. The van der Waals surface area contributed by atoms with Crippen molar-refractivity contribution in [2.75, 3.05) is 0 Å². The number of furan rings is 1. The lowest BCUT2D eigenvalue weighted by Gasteiger charge is -1.93. The van der Waals surface area contributed by atoms with Gasteiger partial charge in [-0.25, -0.2) is 0 Å². The first-order chi connectivity index (χ1) is 7.75. The monoisotopic (exact) mass is 215 g/mol. The van der Waals surface area contributed by atoms with Gasteiger partial charge in [0, 0.05) is 5.56 Å². The summed E-state index contributed by atoms with van der Waals surface area (Å²) in [6, 6.07) is 13.0. The fourth-order valence-electron chi connectivity index (χ4n) is 1.33. The van der Waals surface area contributed by atoms with Crippen molar-refractivity contribution in [3.63, 3.8) is 0 Å². The van der Waals surface area contributed by atoms with Crippen LogP contribution in [0.2, 0.25) is 0 Å². The van der Waals surface area contributed by atoms with E-state index in [0.29, 0.717) is 11.5 Å². The van der Waals surface area contributed by atoms with Gasteiger partial charge in [0.05, 0.1) is 11.0 Å². The molecule has 2 rings (SSSR count). The third-order valence-electron chi connectivity index (χ3n) is 2.05. The van der Waals surface area contributed by atoms with Crippen LogP contribution in [0, 0.1) is 10.1 Å². The molecule has 0 aliphatic rings. The highest BCUT2D eigenvalue weighted by Crippen LogP contribution is 2.22. The number of rotatable bonds is 3. The Morgan fingerprint density at radius 2 is 1.88 bits per heavy atom. The molecular weight excluding hydrogens is 206 g/mol. The van der Waals surface area contributed by atoms with E-state index in [9.17, 15) is 10.1 Å². The van der Waals surface area contributed by atoms with Gasteiger partial charge >= 0.3 is 0 Å². The van der Waals surface area contributed by atoms with Crippen molar-refractivity contribution in [1.29, 1.82) is 0 Å². The van der Waals surface area contributed by atoms with E-state index < -0.39 is 4.92 Å². The average Bonchev–Trinajstić information content (AvgIpc) is 2.76. The average molecular weight is 215 g/mol. The molecule has 0 radical (unpaired) electrons. The van der Waals surface area contributed by atoms with E-state index in [1.54, 1.807) is 12.1 Å². The van der Waals surface area contributed by atoms with Crippen LogP contribution in [0.3, 0.4) is 0 Å². The van der Waals surface area contributed by atoms with Gasteiger partial charge in [-0.3, -0.25) is 10.1 Å². The van der Waals surface area contributed by atoms with Crippen LogP contribution in [0.1, 0.15) is 5.76 Å². The topological polar surface area (TPSA) is 56.3 Å². The first-order valence-corrected chi connectivity index (χ1v) is 4.72. The molecule has 16 heavy (non-hydrogen) atoms. The highest BCUT2D eigenvalue weighted by Gasteiger charge is 2.02. The maximum atomic E-state index is 10.1. The molecule has 0 saturated carbocycles. The van der Waals surface area contributed by atoms with E-state index >= 15 is 0 Å². The number of nitrogens with zero attached hydrogens (tertiary/aromatic N) is 1. The van der Waals surface area contributed by atoms with Crippen molar-refractivity contribution in [3.05, 3.63) is 64.5 Å². The molecule has 0 spiro atoms. The maximum Gasteiger partial charge on any atom is 0.238 e. The second kappa shape index (κ2) is 4.44. The lowest BCUT2D eigenvalue weighted by atomic mass is 10.2. The molecule has 0 amide bonds. The molecule has 0 atom stereocenters. The van der Waals surface area contributed by atoms with Gasteiger partial charge < -0.3 is 4.42 Å². The van der Waals surface area contributed by atoms with Gasteiger partial charge in [0.2, 0.25) is 6.20 Å². The fraction of sp³-hybridized carbons (Fsp3) is 0. The van der Waals surface area contributed by atoms with Crippen LogP contribution in [-0.4, -0.2) is 4.92 Å². The molecule has 0 saturated heterocycles. The summed E-state index contributed by atoms with van der Waals surface area (Å²) in [5.74, 6) is 1.17. The van der Waals surface area contributed by atoms with E-state index in [0.717, 1.165) is 11.8 Å². The molecule has 4 heteroatoms. The van der Waals surface area contributed by atoms with Gasteiger partial charge in [0.25, 0.3) is 0 Å². The van der Waals surface area contributed by atoms with Crippen molar-refractivity contribution >= 4 is 6.08 Å². The van der Waals surface area contributed by atoms with Crippen LogP contribution in [0.4, 0.5) is 0 Å². The molecule has 0 aliphatic heterocycles. The predicted octanol–water partition coefficient (Wildman–Crippen LogP) is 3.19. The van der Waals surface area contributed by atoms with Crippen molar-refractivity contribution in [1.82, 2.24) is 0 Å². The minimum atomic E-state index is -0.523. The zero-order valence-corrected chi connectivity index (χ0v) is 8.37. The van der Waals surface area contributed by atoms with Crippen LogP contribution in [0.5, 0.6) is 0 Å². The fourth-order valence-corrected chi connectivity index (χ4v) is 1.33. The third-order valence-corrected chi connectivity index (χ3v) is 2.05. The molecule has 0 N–H and O–H groups in total. The highest BCUT2D eigenvalue weighted by molar-refractivity contribution is 5.59. The summed E-state index contributed by atoms with van der Waals surface area (Å²) in [5, 5.41) is 10.1. The first kappa shape index (κ1) is 10.2. The molecule has 0 bridgehead atoms. The van der Waals surface area contributed by atoms with Crippen LogP contribution in [-0.2, 0) is 0 Å². The molecule has 4 nitrogen and oxygen atoms in total. The Kier molecular flexibility index (Phi) is 2.82. The Hall–Kier alpha value is -2.36. The van der Waals surface area contributed by atoms with Crippen LogP contribution >= 0.6 is 0 Å². The zero-order chi connectivity index (χ0) is 11.4. The first-order valence-electron chi connectivity index (χ1n) is 4.72. The molecule has 0 unspecified atom stereocenters. The van der Waals surface area contributed by atoms with Crippen molar-refractivity contribution in [2.45, 2.75) is 0 Å². The Balaban J connectivity index is 2.23. The number of nitro groups is 1. The van der Waals surface area contributed by atoms with Gasteiger partial charge in [-0.05, 0) is 12.1 Å². The minimum absolute atomic E-state index is 0.468. The number of benzene rings is 1. The smallest absolute Gasteiger partial charge is 0.238 e. The number of hydrogen-bond acceptors (Lipinski definition) is 3. The molecule has 80 valence electrons. The van der Waals surface area contributed by atoms with Gasteiger partial charge in [-0.2, -0.15) is 0 Å². The zero-order valence-electron chi connectivity index (χ0n) is 8.37. The Labute approximate surface area is 92.0 Å². The van der Waals surface area contributed by atoms with Gasteiger partial charge in [0.1, 0.15) is 11.5 Å². The molecule has 0 aliphatic carbocycles. The maximum absolute atomic E-state index is 10.1. The van der Waals surface area contributed by atoms with E-state index in [2.05, 4.69) is 0 Å². The summed E-state index contributed by atoms with van der Waals surface area (Å²) in [5.41, 5.74) is 0.947. The second-order valence-electron chi connectivity index (χ2n) is 3.17. The normalized spacial score (nSPS) is 10.8. The molecule has 0 fully saturated rings. The minimum Gasteiger partial charge on any atom is -0.457 e. The molecular formula is C12H9NO3. The summed E-state index contributed by atoms with van der Waals surface area (Å²) in [4.78, 5) is 9.60. The van der Waals surface area contributed by atoms with Crippen molar-refractivity contribution in [3.8, 4) is 11.3 Å². The Morgan fingerprint density at radius 3 is 2.56 bits per heavy atom. The summed E-state index contributed by atoms with van der Waals surface area (Å²) in [6.45, 7) is 0. The third kappa shape index (κ3) is 2.36. The quantitative estimate of drug-likeness (QED) is 0.583. The van der Waals surface area contributed by atoms with E-state index in [-0.39, 0.29) is 0 Å². The van der Waals surface area contributed by atoms with Gasteiger partial charge in [-0.15, -0.1) is 0 Å². The van der Waals surface area contributed by atoms with Crippen LogP contribution < -0.4 is 0 Å². The largest absolute Gasteiger partial charge is 0.457 e. The Bertz CT molecular complexity index is 514. The standard InChI is InChI=1S/C12H9NO3/c14-13(15)9-8-11-6-7-12(16-11)10-4-2-1-3-5-10/h1-9H/b9-8+. The molecule has 1 aromatic heterocycles. The Morgan fingerprint density at radius 1 is 1.12 bits per heavy atom. The van der Waals surface area contributed by atoms with Gasteiger partial charge in [-0.1, -0.05) is 30.3 Å². The SMILES string of the molecule is O=[N+]([O-])/C=C/c1ccc(-c2ccccc2)o1. The summed E-state index contributed by atoms with van der Waals surface area (Å²) in [6.07, 6.45) is 2.18. The van der Waals surface area contributed by atoms with E-state index in [1.807, 2.05) is 30.3 Å². The van der Waals surface area contributed by atoms with Gasteiger partial charge in [0.15, 0.2) is 0 Å². The van der Waals surface area contributed by atoms with Crippen molar-refractivity contribution in [2.24, 2.45) is 0 Å². The van der Waals surface area contributed by atoms with E-state index in [1.165, 1.54) is 6.08 Å². The lowest BCUT2D eigenvalue weighted by molar-refractivity contribution is -0.401. The summed E-state index contributed by atoms with van der Waals surface area (Å²) >= 11 is 0. The van der Waals surface area contributed by atoms with Crippen LogP contribution in [0.25, 0.3) is 17.4 Å². The predicted molar refractivity (Wildman–Crippen MR) is 60.2 cm³/mol. The highest BCUT2D eigenvalue weighted by atomic mass is 16.6. The molecule has 1 heterocycles.